The summed E-state index contributed by atoms with van der Waals surface area (Å²) in [4.78, 5) is 24.5. The first-order valence-electron chi connectivity index (χ1n) is 17.6. The van der Waals surface area contributed by atoms with Crippen LogP contribution < -0.4 is 11.1 Å². The van der Waals surface area contributed by atoms with Gasteiger partial charge in [-0.1, -0.05) is 62.8 Å². The summed E-state index contributed by atoms with van der Waals surface area (Å²) in [7, 11) is 0. The van der Waals surface area contributed by atoms with Gasteiger partial charge in [0.25, 0.3) is 0 Å². The molecule has 5 N–H and O–H groups in total. The molecule has 5 aliphatic rings. The predicted octanol–water partition coefficient (Wildman–Crippen LogP) is 5.86. The van der Waals surface area contributed by atoms with Crippen LogP contribution in [0.1, 0.15) is 114 Å². The zero-order chi connectivity index (χ0) is 31.2. The third-order valence-electron chi connectivity index (χ3n) is 12.0. The first-order valence-corrected chi connectivity index (χ1v) is 17.6. The van der Waals surface area contributed by atoms with E-state index in [1.165, 1.54) is 11.1 Å². The Morgan fingerprint density at radius 1 is 1.05 bits per heavy atom. The highest BCUT2D eigenvalue weighted by molar-refractivity contribution is 5.89. The quantitative estimate of drug-likeness (QED) is 0.177. The number of carbonyl (C=O) groups excluding carboxylic acids is 2. The van der Waals surface area contributed by atoms with E-state index < -0.39 is 5.60 Å². The van der Waals surface area contributed by atoms with Crippen molar-refractivity contribution in [3.63, 3.8) is 0 Å². The topological polar surface area (TPSA) is 113 Å². The Hall–Kier alpha value is -2.12. The van der Waals surface area contributed by atoms with Gasteiger partial charge in [0.05, 0.1) is 12.6 Å². The molecule has 1 aromatic carbocycles. The maximum atomic E-state index is 12.4. The fourth-order valence-electron chi connectivity index (χ4n) is 8.70. The highest BCUT2D eigenvalue weighted by Crippen LogP contribution is 2.68. The van der Waals surface area contributed by atoms with Gasteiger partial charge in [-0.3, -0.25) is 9.59 Å². The number of benzene rings is 1. The van der Waals surface area contributed by atoms with Crippen LogP contribution in [0.5, 0.6) is 0 Å². The van der Waals surface area contributed by atoms with Crippen molar-refractivity contribution < 1.29 is 19.8 Å². The molecular weight excluding hydrogens is 548 g/mol. The van der Waals surface area contributed by atoms with Crippen LogP contribution in [0.4, 0.5) is 0 Å². The molecule has 0 saturated heterocycles. The van der Waals surface area contributed by atoms with Crippen molar-refractivity contribution >= 4 is 17.1 Å². The van der Waals surface area contributed by atoms with Gasteiger partial charge in [0.1, 0.15) is 11.4 Å². The molecule has 8 atom stereocenters. The number of rotatable bonds is 16. The third-order valence-corrected chi connectivity index (χ3v) is 12.0. The van der Waals surface area contributed by atoms with Gasteiger partial charge in [-0.2, -0.15) is 0 Å². The molecule has 0 spiro atoms. The van der Waals surface area contributed by atoms with Crippen LogP contribution in [0.3, 0.4) is 0 Å². The number of fused-ring (bicyclic) bond motifs is 1. The number of aliphatic hydroxyl groups excluding tert-OH is 1. The number of nitrogens with two attached hydrogens (primary N) is 1. The Labute approximate surface area is 264 Å². The van der Waals surface area contributed by atoms with E-state index in [9.17, 15) is 19.8 Å². The minimum atomic E-state index is -1.02. The largest absolute Gasteiger partial charge is 0.393 e. The summed E-state index contributed by atoms with van der Waals surface area (Å²) in [5.41, 5.74) is 10.4. The molecule has 8 unspecified atom stereocenters. The van der Waals surface area contributed by atoms with Crippen LogP contribution in [0.2, 0.25) is 0 Å². The lowest BCUT2D eigenvalue weighted by molar-refractivity contribution is -0.129. The summed E-state index contributed by atoms with van der Waals surface area (Å²) >= 11 is 0. The van der Waals surface area contributed by atoms with Crippen LogP contribution in [0.25, 0.3) is 5.57 Å². The fraction of sp³-hybridized carbons (Fsp3) is 0.684. The molecule has 240 valence electrons. The van der Waals surface area contributed by atoms with Gasteiger partial charge in [0.2, 0.25) is 0 Å². The molecule has 6 nitrogen and oxygen atoms in total. The molecule has 0 heterocycles. The van der Waals surface area contributed by atoms with Gasteiger partial charge in [-0.25, -0.2) is 0 Å². The van der Waals surface area contributed by atoms with E-state index in [1.807, 2.05) is 0 Å². The highest BCUT2D eigenvalue weighted by atomic mass is 16.3. The van der Waals surface area contributed by atoms with Crippen LogP contribution in [0, 0.1) is 29.6 Å². The summed E-state index contributed by atoms with van der Waals surface area (Å²) in [6, 6.07) is 9.06. The van der Waals surface area contributed by atoms with E-state index in [1.54, 1.807) is 0 Å². The predicted molar refractivity (Wildman–Crippen MR) is 175 cm³/mol. The zero-order valence-electron chi connectivity index (χ0n) is 26.9. The fourth-order valence-corrected chi connectivity index (χ4v) is 8.70. The van der Waals surface area contributed by atoms with Gasteiger partial charge >= 0.3 is 0 Å². The molecule has 0 radical (unpaired) electrons. The average molecular weight is 603 g/mol. The van der Waals surface area contributed by atoms with E-state index in [0.717, 1.165) is 75.3 Å². The minimum absolute atomic E-state index is 0.000627. The molecule has 0 amide bonds. The SMILES string of the molecule is C=C(C=C(CCC)CCCC(=O)C1(O)CC1)c1ccc(C2CCC(O)C3C(C2)C3C2C(NCC(=O)C3CC3)C2(N)CC)cc1. The van der Waals surface area contributed by atoms with E-state index in [2.05, 4.69) is 56.1 Å². The second-order valence-electron chi connectivity index (χ2n) is 15.0. The normalized spacial score (nSPS) is 35.4. The van der Waals surface area contributed by atoms with Crippen molar-refractivity contribution in [2.24, 2.45) is 35.3 Å². The average Bonchev–Trinajstić information content (AvgIpc) is 3.84. The number of carbonyl (C=O) groups is 2. The minimum Gasteiger partial charge on any atom is -0.393 e. The first kappa shape index (κ1) is 31.8. The molecule has 6 rings (SSSR count). The Kier molecular flexibility index (Phi) is 9.11. The summed E-state index contributed by atoms with van der Waals surface area (Å²) in [5.74, 6) is 2.63. The smallest absolute Gasteiger partial charge is 0.164 e. The number of aliphatic hydroxyl groups is 2. The van der Waals surface area contributed by atoms with Crippen molar-refractivity contribution in [1.82, 2.24) is 5.32 Å². The van der Waals surface area contributed by atoms with Crippen LogP contribution >= 0.6 is 0 Å². The molecular formula is C38H54N2O4. The lowest BCUT2D eigenvalue weighted by Gasteiger charge is -2.19. The summed E-state index contributed by atoms with van der Waals surface area (Å²) in [5, 5.41) is 24.7. The standard InChI is InChI=1S/C38H54N2O4/c1-4-7-24(8-6-9-32(43)37(44)18-19-37)20-23(3)25-10-12-26(13-11-25)28-16-17-30(41)33-29(21-28)34(33)35-36(38(35,39)5-2)40-22-31(42)27-14-15-27/h10-13,20,27-30,33-36,40-41,44H,3-9,14-19,21-22,39H2,1-2H3. The van der Waals surface area contributed by atoms with Crippen molar-refractivity contribution in [2.45, 2.75) is 127 Å². The van der Waals surface area contributed by atoms with Crippen LogP contribution in [-0.2, 0) is 9.59 Å². The summed E-state index contributed by atoms with van der Waals surface area (Å²) < 4.78 is 0. The van der Waals surface area contributed by atoms with Crippen molar-refractivity contribution in [3.05, 3.63) is 53.6 Å². The van der Waals surface area contributed by atoms with Gasteiger partial charge in [0.15, 0.2) is 5.78 Å². The van der Waals surface area contributed by atoms with Gasteiger partial charge in [0, 0.05) is 23.9 Å². The summed E-state index contributed by atoms with van der Waals surface area (Å²) in [6.07, 6.45) is 13.2. The molecule has 1 aromatic rings. The lowest BCUT2D eigenvalue weighted by atomic mass is 9.87. The Morgan fingerprint density at radius 3 is 2.41 bits per heavy atom. The van der Waals surface area contributed by atoms with E-state index in [0.29, 0.717) is 61.2 Å². The Bertz CT molecular complexity index is 1280. The maximum Gasteiger partial charge on any atom is 0.164 e. The molecule has 6 heteroatoms. The monoisotopic (exact) mass is 602 g/mol. The van der Waals surface area contributed by atoms with Crippen LogP contribution in [-0.4, -0.2) is 51.6 Å². The van der Waals surface area contributed by atoms with Gasteiger partial charge in [-0.05, 0) is 117 Å². The second-order valence-corrected chi connectivity index (χ2v) is 15.0. The molecule has 5 saturated carbocycles. The third kappa shape index (κ3) is 6.56. The van der Waals surface area contributed by atoms with Crippen molar-refractivity contribution in [1.29, 1.82) is 0 Å². The molecule has 0 aliphatic heterocycles. The van der Waals surface area contributed by atoms with E-state index in [4.69, 9.17) is 5.73 Å². The molecule has 44 heavy (non-hydrogen) atoms. The Balaban J connectivity index is 1.05. The van der Waals surface area contributed by atoms with Crippen molar-refractivity contribution in [3.8, 4) is 0 Å². The number of ketones is 2. The lowest BCUT2D eigenvalue weighted by Crippen LogP contribution is -2.36. The van der Waals surface area contributed by atoms with E-state index >= 15 is 0 Å². The number of Topliss-reactive ketones (excluding diaryl/α,β-unsaturated/α-hetero) is 2. The van der Waals surface area contributed by atoms with Crippen LogP contribution in [0.15, 0.2) is 42.5 Å². The van der Waals surface area contributed by atoms with Crippen molar-refractivity contribution in [2.75, 3.05) is 6.54 Å². The first-order chi connectivity index (χ1) is 21.1. The second kappa shape index (κ2) is 12.6. The number of hydrogen-bond acceptors (Lipinski definition) is 6. The molecule has 5 aliphatic carbocycles. The molecule has 0 aromatic heterocycles. The number of nitrogens with one attached hydrogen (secondary N) is 1. The Morgan fingerprint density at radius 2 is 1.77 bits per heavy atom. The maximum absolute atomic E-state index is 12.4. The molecule has 5 fully saturated rings. The number of hydrogen-bond donors (Lipinski definition) is 4. The molecule has 0 bridgehead atoms. The van der Waals surface area contributed by atoms with E-state index in [-0.39, 0.29) is 29.4 Å². The number of allylic oxidation sites excluding steroid dienone is 3. The van der Waals surface area contributed by atoms with Gasteiger partial charge < -0.3 is 21.3 Å². The summed E-state index contributed by atoms with van der Waals surface area (Å²) in [6.45, 7) is 9.15. The highest BCUT2D eigenvalue weighted by Gasteiger charge is 2.73. The van der Waals surface area contributed by atoms with Gasteiger partial charge in [-0.15, -0.1) is 0 Å². The zero-order valence-corrected chi connectivity index (χ0v) is 26.9.